The molecule has 0 bridgehead atoms. The van der Waals surface area contributed by atoms with Crippen molar-refractivity contribution in [3.05, 3.63) is 64.9 Å². The summed E-state index contributed by atoms with van der Waals surface area (Å²) >= 11 is 0. The quantitative estimate of drug-likeness (QED) is 0.469. The summed E-state index contributed by atoms with van der Waals surface area (Å²) in [4.78, 5) is 12.1. The number of amides is 1. The zero-order valence-electron chi connectivity index (χ0n) is 15.9. The number of rotatable bonds is 6. The van der Waals surface area contributed by atoms with Gasteiger partial charge in [-0.15, -0.1) is 0 Å². The van der Waals surface area contributed by atoms with Gasteiger partial charge in [-0.3, -0.25) is 9.48 Å². The number of halogens is 3. The zero-order valence-corrected chi connectivity index (χ0v) is 15.9. The Bertz CT molecular complexity index is 1090. The molecule has 8 nitrogen and oxygen atoms in total. The minimum Gasteiger partial charge on any atom is -0.504 e. The van der Waals surface area contributed by atoms with Crippen LogP contribution < -0.4 is 10.2 Å². The number of nitrogens with zero attached hydrogens (tertiary/aromatic N) is 3. The van der Waals surface area contributed by atoms with E-state index in [1.54, 1.807) is 6.07 Å². The van der Waals surface area contributed by atoms with Crippen LogP contribution in [-0.4, -0.2) is 34.1 Å². The van der Waals surface area contributed by atoms with Crippen LogP contribution in [0.2, 0.25) is 0 Å². The molecule has 1 aromatic carbocycles. The van der Waals surface area contributed by atoms with Gasteiger partial charge in [0.25, 0.3) is 0 Å². The van der Waals surface area contributed by atoms with E-state index < -0.39 is 17.8 Å². The normalized spacial score (nSPS) is 11.8. The van der Waals surface area contributed by atoms with Crippen LogP contribution in [0.3, 0.4) is 0 Å². The van der Waals surface area contributed by atoms with E-state index in [1.165, 1.54) is 44.5 Å². The topological polar surface area (TPSA) is 102 Å². The molecule has 0 saturated heterocycles. The van der Waals surface area contributed by atoms with Gasteiger partial charge >= 0.3 is 12.1 Å². The summed E-state index contributed by atoms with van der Waals surface area (Å²) in [5.41, 5.74) is 2.15. The number of hydrogen-bond donors (Lipinski definition) is 2. The number of aromatic hydroxyl groups is 1. The maximum absolute atomic E-state index is 12.7. The van der Waals surface area contributed by atoms with Crippen molar-refractivity contribution in [1.82, 2.24) is 15.2 Å². The van der Waals surface area contributed by atoms with E-state index in [4.69, 9.17) is 9.15 Å². The molecule has 0 spiro atoms. The number of methoxy groups -OCH3 is 1. The number of hydrogen-bond acceptors (Lipinski definition) is 6. The SMILES string of the molecule is COc1cc(/C=N/NC(=O)c2ccc(Cn3nc(C(F)(F)F)cc3C)o2)ccc1O. The van der Waals surface area contributed by atoms with Crippen molar-refractivity contribution in [3.8, 4) is 11.5 Å². The van der Waals surface area contributed by atoms with Crippen molar-refractivity contribution in [2.45, 2.75) is 19.6 Å². The zero-order chi connectivity index (χ0) is 21.9. The highest BCUT2D eigenvalue weighted by Gasteiger charge is 2.34. The molecular formula is C19H17F3N4O4. The minimum absolute atomic E-state index is 0.0310. The molecule has 2 aromatic heterocycles. The van der Waals surface area contributed by atoms with Gasteiger partial charge in [0.2, 0.25) is 0 Å². The van der Waals surface area contributed by atoms with Crippen molar-refractivity contribution in [2.24, 2.45) is 5.10 Å². The summed E-state index contributed by atoms with van der Waals surface area (Å²) in [5, 5.41) is 16.9. The lowest BCUT2D eigenvalue weighted by Gasteiger charge is -2.03. The highest BCUT2D eigenvalue weighted by Crippen LogP contribution is 2.28. The molecule has 0 aliphatic rings. The van der Waals surface area contributed by atoms with Gasteiger partial charge in [0, 0.05) is 5.69 Å². The van der Waals surface area contributed by atoms with E-state index in [9.17, 15) is 23.1 Å². The number of ether oxygens (including phenoxy) is 1. The maximum Gasteiger partial charge on any atom is 0.435 e. The fourth-order valence-electron chi connectivity index (χ4n) is 2.54. The second-order valence-corrected chi connectivity index (χ2v) is 6.22. The molecule has 0 fully saturated rings. The Morgan fingerprint density at radius 2 is 2.10 bits per heavy atom. The second-order valence-electron chi connectivity index (χ2n) is 6.22. The number of phenolic OH excluding ortho intramolecular Hbond substituents is 1. The number of hydrazone groups is 1. The van der Waals surface area contributed by atoms with Crippen molar-refractivity contribution >= 4 is 12.1 Å². The molecule has 11 heteroatoms. The monoisotopic (exact) mass is 422 g/mol. The lowest BCUT2D eigenvalue weighted by Crippen LogP contribution is -2.16. The summed E-state index contributed by atoms with van der Waals surface area (Å²) in [6, 6.07) is 8.30. The molecule has 3 aromatic rings. The molecule has 1 amide bonds. The predicted molar refractivity (Wildman–Crippen MR) is 99.5 cm³/mol. The first-order valence-electron chi connectivity index (χ1n) is 8.58. The summed E-state index contributed by atoms with van der Waals surface area (Å²) in [7, 11) is 1.40. The molecule has 0 aliphatic carbocycles. The van der Waals surface area contributed by atoms with Gasteiger partial charge in [0.15, 0.2) is 23.0 Å². The van der Waals surface area contributed by atoms with E-state index in [0.29, 0.717) is 11.3 Å². The summed E-state index contributed by atoms with van der Waals surface area (Å²) in [6.45, 7) is 1.43. The summed E-state index contributed by atoms with van der Waals surface area (Å²) in [6.07, 6.45) is -3.20. The third kappa shape index (κ3) is 4.80. The summed E-state index contributed by atoms with van der Waals surface area (Å²) < 4.78 is 49.7. The highest BCUT2D eigenvalue weighted by molar-refractivity contribution is 5.92. The van der Waals surface area contributed by atoms with Crippen molar-refractivity contribution in [3.63, 3.8) is 0 Å². The van der Waals surface area contributed by atoms with Crippen molar-refractivity contribution < 1.29 is 32.2 Å². The Hall–Kier alpha value is -3.76. The maximum atomic E-state index is 12.7. The van der Waals surface area contributed by atoms with Gasteiger partial charge in [-0.05, 0) is 48.9 Å². The lowest BCUT2D eigenvalue weighted by atomic mass is 10.2. The number of carbonyl (C=O) groups is 1. The fourth-order valence-corrected chi connectivity index (χ4v) is 2.54. The molecule has 2 N–H and O–H groups in total. The summed E-state index contributed by atoms with van der Waals surface area (Å²) in [5.74, 6) is -0.227. The molecular weight excluding hydrogens is 405 g/mol. The number of aromatic nitrogens is 2. The number of furan rings is 1. The van der Waals surface area contributed by atoms with E-state index in [-0.39, 0.29) is 29.6 Å². The first-order valence-corrected chi connectivity index (χ1v) is 8.58. The van der Waals surface area contributed by atoms with Crippen LogP contribution in [0, 0.1) is 6.92 Å². The molecule has 0 unspecified atom stereocenters. The fraction of sp³-hybridized carbons (Fsp3) is 0.211. The van der Waals surface area contributed by atoms with Crippen LogP contribution in [0.4, 0.5) is 13.2 Å². The Balaban J connectivity index is 1.63. The van der Waals surface area contributed by atoms with Gasteiger partial charge in [-0.25, -0.2) is 5.43 Å². The molecule has 0 saturated carbocycles. The van der Waals surface area contributed by atoms with Crippen LogP contribution in [0.5, 0.6) is 11.5 Å². The minimum atomic E-state index is -4.54. The van der Waals surface area contributed by atoms with Crippen molar-refractivity contribution in [2.75, 3.05) is 7.11 Å². The molecule has 0 aliphatic heterocycles. The van der Waals surface area contributed by atoms with E-state index in [1.807, 2.05) is 0 Å². The first kappa shape index (κ1) is 21.0. The third-order valence-electron chi connectivity index (χ3n) is 4.05. The third-order valence-corrected chi connectivity index (χ3v) is 4.05. The largest absolute Gasteiger partial charge is 0.504 e. The molecule has 0 radical (unpaired) electrons. The van der Waals surface area contributed by atoms with Gasteiger partial charge in [0.1, 0.15) is 5.76 Å². The second kappa shape index (κ2) is 8.31. The van der Waals surface area contributed by atoms with Gasteiger partial charge < -0.3 is 14.3 Å². The Morgan fingerprint density at radius 3 is 2.77 bits per heavy atom. The number of nitrogens with one attached hydrogen (secondary N) is 1. The Kier molecular flexibility index (Phi) is 5.81. The van der Waals surface area contributed by atoms with Gasteiger partial charge in [-0.2, -0.15) is 23.4 Å². The average Bonchev–Trinajstić information content (AvgIpc) is 3.30. The average molecular weight is 422 g/mol. The molecule has 3 rings (SSSR count). The number of benzene rings is 1. The molecule has 0 atom stereocenters. The highest BCUT2D eigenvalue weighted by atomic mass is 19.4. The van der Waals surface area contributed by atoms with Crippen LogP contribution >= 0.6 is 0 Å². The van der Waals surface area contributed by atoms with Gasteiger partial charge in [0.05, 0.1) is 19.9 Å². The van der Waals surface area contributed by atoms with E-state index in [0.717, 1.165) is 10.7 Å². The Morgan fingerprint density at radius 1 is 1.33 bits per heavy atom. The smallest absolute Gasteiger partial charge is 0.435 e. The first-order chi connectivity index (χ1) is 14.2. The van der Waals surface area contributed by atoms with E-state index in [2.05, 4.69) is 15.6 Å². The number of aryl methyl sites for hydroxylation is 1. The molecule has 158 valence electrons. The lowest BCUT2D eigenvalue weighted by molar-refractivity contribution is -0.141. The number of phenols is 1. The van der Waals surface area contributed by atoms with Crippen LogP contribution in [0.15, 0.2) is 45.9 Å². The van der Waals surface area contributed by atoms with Crippen LogP contribution in [0.25, 0.3) is 0 Å². The van der Waals surface area contributed by atoms with E-state index >= 15 is 0 Å². The van der Waals surface area contributed by atoms with Gasteiger partial charge in [-0.1, -0.05) is 0 Å². The Labute approximate surface area is 168 Å². The standard InChI is InChI=1S/C19H17F3N4O4/c1-11-7-17(19(20,21)22)25-26(11)10-13-4-6-15(30-13)18(28)24-23-9-12-3-5-14(27)16(8-12)29-2/h3-9,27H,10H2,1-2H3,(H,24,28)/b23-9+. The van der Waals surface area contributed by atoms with Crippen LogP contribution in [-0.2, 0) is 12.7 Å². The predicted octanol–water partition coefficient (Wildman–Crippen LogP) is 3.33. The molecule has 30 heavy (non-hydrogen) atoms. The van der Waals surface area contributed by atoms with Crippen LogP contribution in [0.1, 0.15) is 33.3 Å². The molecule has 2 heterocycles. The number of carbonyl (C=O) groups excluding carboxylic acids is 1. The number of alkyl halides is 3. The van der Waals surface area contributed by atoms with Crippen molar-refractivity contribution in [1.29, 1.82) is 0 Å².